The fourth-order valence-electron chi connectivity index (χ4n) is 0. The Bertz CT molecular complexity index is 6.85. The van der Waals surface area contributed by atoms with Gasteiger partial charge in [-0.25, -0.2) is 0 Å². The van der Waals surface area contributed by atoms with E-state index in [4.69, 9.17) is 0 Å². The predicted octanol–water partition coefficient (Wildman–Crippen LogP) is -0.643. The van der Waals surface area contributed by atoms with Crippen molar-refractivity contribution >= 4 is 12.4 Å². The third-order valence-electron chi connectivity index (χ3n) is 0. The molecule has 0 amide bonds. The molecule has 0 aliphatic carbocycles. The van der Waals surface area contributed by atoms with Crippen LogP contribution < -0.4 is 0 Å². The van der Waals surface area contributed by atoms with Crippen molar-refractivity contribution in [3.05, 3.63) is 0 Å². The van der Waals surface area contributed by atoms with E-state index >= 15 is 0 Å². The van der Waals surface area contributed by atoms with Crippen molar-refractivity contribution < 1.29 is 38.1 Å². The SMILES string of the molecule is Cl.O.[O-2].[O-2].[Ti+4]. The molecule has 0 heterocycles. The van der Waals surface area contributed by atoms with Gasteiger partial charge >= 0.3 is 21.7 Å². The van der Waals surface area contributed by atoms with Gasteiger partial charge in [0.2, 0.25) is 0 Å². The maximum Gasteiger partial charge on any atom is 4.00 e. The van der Waals surface area contributed by atoms with Crippen LogP contribution in [0, 0.1) is 0 Å². The number of rotatable bonds is 0. The van der Waals surface area contributed by atoms with E-state index < -0.39 is 0 Å². The van der Waals surface area contributed by atoms with Crippen molar-refractivity contribution in [2.75, 3.05) is 0 Å². The summed E-state index contributed by atoms with van der Waals surface area (Å²) in [5.41, 5.74) is 0. The van der Waals surface area contributed by atoms with Gasteiger partial charge in [0.05, 0.1) is 0 Å². The molecule has 3 nitrogen and oxygen atoms in total. The number of hydrogen-bond acceptors (Lipinski definition) is 0. The fourth-order valence-corrected chi connectivity index (χ4v) is 0. The van der Waals surface area contributed by atoms with Crippen molar-refractivity contribution in [3.8, 4) is 0 Å². The maximum atomic E-state index is 0. The number of halogens is 1. The minimum Gasteiger partial charge on any atom is -2.00 e. The predicted molar refractivity (Wildman–Crippen MR) is 12.2 cm³/mol. The molecule has 0 bridgehead atoms. The van der Waals surface area contributed by atoms with Crippen molar-refractivity contribution in [2.24, 2.45) is 0 Å². The Hall–Kier alpha value is 0.884. The summed E-state index contributed by atoms with van der Waals surface area (Å²) in [4.78, 5) is 0. The Morgan fingerprint density at radius 2 is 0.800 bits per heavy atom. The van der Waals surface area contributed by atoms with Crippen molar-refractivity contribution in [2.45, 2.75) is 0 Å². The van der Waals surface area contributed by atoms with Gasteiger partial charge in [-0.3, -0.25) is 0 Å². The van der Waals surface area contributed by atoms with E-state index in [2.05, 4.69) is 0 Å². The van der Waals surface area contributed by atoms with Crippen molar-refractivity contribution in [1.82, 2.24) is 0 Å². The van der Waals surface area contributed by atoms with Gasteiger partial charge in [-0.15, -0.1) is 12.4 Å². The van der Waals surface area contributed by atoms with E-state index in [0.29, 0.717) is 0 Å². The average molecular weight is 134 g/mol. The molecule has 0 spiro atoms. The molecule has 5 heavy (non-hydrogen) atoms. The van der Waals surface area contributed by atoms with Crippen LogP contribution in [0.4, 0.5) is 0 Å². The van der Waals surface area contributed by atoms with Gasteiger partial charge in [-0.2, -0.15) is 0 Å². The zero-order valence-corrected chi connectivity index (χ0v) is 4.60. The molecule has 0 aliphatic heterocycles. The molecular weight excluding hydrogens is 131 g/mol. The van der Waals surface area contributed by atoms with Crippen LogP contribution in [0.15, 0.2) is 0 Å². The van der Waals surface area contributed by atoms with Crippen LogP contribution in [0.5, 0.6) is 0 Å². The molecule has 0 rings (SSSR count). The van der Waals surface area contributed by atoms with E-state index in [9.17, 15) is 0 Å². The average Bonchev–Trinajstić information content (AvgIpc) is 0. The van der Waals surface area contributed by atoms with E-state index in [1.807, 2.05) is 0 Å². The molecule has 0 unspecified atom stereocenters. The summed E-state index contributed by atoms with van der Waals surface area (Å²) in [5.74, 6) is 0. The Labute approximate surface area is 51.0 Å². The Morgan fingerprint density at radius 3 is 0.800 bits per heavy atom. The molecular formula is H3ClO3Ti. The van der Waals surface area contributed by atoms with Gasteiger partial charge in [-0.1, -0.05) is 0 Å². The van der Waals surface area contributed by atoms with Crippen LogP contribution in [0.3, 0.4) is 0 Å². The molecule has 0 aromatic heterocycles. The number of hydrogen-bond donors (Lipinski definition) is 0. The summed E-state index contributed by atoms with van der Waals surface area (Å²) in [6.45, 7) is 0. The second-order valence-corrected chi connectivity index (χ2v) is 0. The zero-order chi connectivity index (χ0) is 0. The first-order valence-electron chi connectivity index (χ1n) is 0. The minimum absolute atomic E-state index is 0. The van der Waals surface area contributed by atoms with Crippen LogP contribution in [0.2, 0.25) is 0 Å². The molecule has 0 fully saturated rings. The fraction of sp³-hybridized carbons (Fsp3) is 0. The molecule has 0 aromatic rings. The quantitative estimate of drug-likeness (QED) is 0.394. The molecule has 5 heteroatoms. The summed E-state index contributed by atoms with van der Waals surface area (Å²) < 4.78 is 0. The smallest absolute Gasteiger partial charge is 2.00 e. The first kappa shape index (κ1) is 180. The second-order valence-electron chi connectivity index (χ2n) is 0. The van der Waals surface area contributed by atoms with Gasteiger partial charge in [0.25, 0.3) is 0 Å². The van der Waals surface area contributed by atoms with Gasteiger partial charge < -0.3 is 16.4 Å². The van der Waals surface area contributed by atoms with Crippen LogP contribution in [0.1, 0.15) is 0 Å². The zero-order valence-electron chi connectivity index (χ0n) is 2.22. The molecule has 0 radical (unpaired) electrons. The van der Waals surface area contributed by atoms with E-state index in [1.165, 1.54) is 0 Å². The maximum absolute atomic E-state index is 0. The standard InChI is InChI=1S/ClH.H2O.2O.Ti/h1H;1H2;;;/q;;2*-2;+4. The van der Waals surface area contributed by atoms with Gasteiger partial charge in [0.15, 0.2) is 0 Å². The monoisotopic (exact) mass is 134 g/mol. The summed E-state index contributed by atoms with van der Waals surface area (Å²) >= 11 is 0. The summed E-state index contributed by atoms with van der Waals surface area (Å²) in [6.07, 6.45) is 0. The topological polar surface area (TPSA) is 88.5 Å². The molecule has 0 saturated heterocycles. The first-order valence-corrected chi connectivity index (χ1v) is 0. The molecule has 32 valence electrons. The largest absolute Gasteiger partial charge is 4.00 e. The minimum atomic E-state index is 0. The van der Waals surface area contributed by atoms with Crippen LogP contribution >= 0.6 is 12.4 Å². The summed E-state index contributed by atoms with van der Waals surface area (Å²) in [6, 6.07) is 0. The first-order chi connectivity index (χ1) is 0. The van der Waals surface area contributed by atoms with Crippen LogP contribution in [0.25, 0.3) is 0 Å². The van der Waals surface area contributed by atoms with Gasteiger partial charge in [0, 0.05) is 0 Å². The molecule has 0 aliphatic rings. The molecule has 0 aromatic carbocycles. The third kappa shape index (κ3) is 52.0. The summed E-state index contributed by atoms with van der Waals surface area (Å²) in [7, 11) is 0. The van der Waals surface area contributed by atoms with E-state index in [0.717, 1.165) is 0 Å². The van der Waals surface area contributed by atoms with Crippen LogP contribution in [-0.4, -0.2) is 5.48 Å². The van der Waals surface area contributed by atoms with Gasteiger partial charge in [0.1, 0.15) is 0 Å². The Balaban J connectivity index is 0. The Morgan fingerprint density at radius 1 is 0.800 bits per heavy atom. The van der Waals surface area contributed by atoms with Gasteiger partial charge in [-0.05, 0) is 0 Å². The molecule has 0 saturated carbocycles. The Kier molecular flexibility index (Phi) is 3380. The normalized spacial score (nSPS) is 0. The van der Waals surface area contributed by atoms with Crippen molar-refractivity contribution in [3.63, 3.8) is 0 Å². The van der Waals surface area contributed by atoms with Crippen molar-refractivity contribution in [1.29, 1.82) is 0 Å². The summed E-state index contributed by atoms with van der Waals surface area (Å²) in [5, 5.41) is 0. The molecule has 0 atom stereocenters. The van der Waals surface area contributed by atoms with E-state index in [-0.39, 0.29) is 50.6 Å². The molecule has 2 N–H and O–H groups in total. The van der Waals surface area contributed by atoms with Crippen LogP contribution in [-0.2, 0) is 32.7 Å². The third-order valence-corrected chi connectivity index (χ3v) is 0. The second kappa shape index (κ2) is 94.2. The van der Waals surface area contributed by atoms with E-state index in [1.54, 1.807) is 0 Å².